The molecule has 3 aromatic carbocycles. The van der Waals surface area contributed by atoms with Crippen molar-refractivity contribution in [1.29, 1.82) is 0 Å². The van der Waals surface area contributed by atoms with Gasteiger partial charge in [-0.2, -0.15) is 0 Å². The molecular formula is C38H48N2O8S. The highest BCUT2D eigenvalue weighted by atomic mass is 32.2. The zero-order valence-corrected chi connectivity index (χ0v) is 29.6. The number of ether oxygens (including phenoxy) is 5. The Morgan fingerprint density at radius 1 is 0.857 bits per heavy atom. The summed E-state index contributed by atoms with van der Waals surface area (Å²) in [4.78, 5) is 16.0. The third-order valence-corrected chi connectivity index (χ3v) is 10.5. The first-order valence-corrected chi connectivity index (χ1v) is 18.7. The lowest BCUT2D eigenvalue weighted by molar-refractivity contribution is -0.112. The number of fused-ring (bicyclic) bond motifs is 1. The van der Waals surface area contributed by atoms with Gasteiger partial charge in [-0.1, -0.05) is 24.3 Å². The fraction of sp³-hybridized carbons (Fsp3) is 0.447. The number of anilines is 1. The van der Waals surface area contributed by atoms with Crippen LogP contribution < -0.4 is 14.8 Å². The first-order chi connectivity index (χ1) is 23.8. The van der Waals surface area contributed by atoms with Crippen molar-refractivity contribution >= 4 is 27.5 Å². The van der Waals surface area contributed by atoms with Crippen LogP contribution in [0.4, 0.5) is 5.69 Å². The summed E-state index contributed by atoms with van der Waals surface area (Å²) in [6.07, 6.45) is 3.86. The SMILES string of the molecule is CCOCCOc1ccc(-c2ccc3c(c2)C=C(C(=O)Nc2ccc(CN(C)C4CCOCC4)cc2)CCS3(=O)=O)cc1OCCOCC. The molecule has 2 aliphatic rings. The summed E-state index contributed by atoms with van der Waals surface area (Å²) in [5, 5.41) is 2.97. The summed E-state index contributed by atoms with van der Waals surface area (Å²) in [5.41, 5.74) is 4.29. The second-order valence-corrected chi connectivity index (χ2v) is 14.2. The first-order valence-electron chi connectivity index (χ1n) is 17.1. The van der Waals surface area contributed by atoms with Gasteiger partial charge in [0.2, 0.25) is 0 Å². The van der Waals surface area contributed by atoms with Crippen LogP contribution in [-0.2, 0) is 35.4 Å². The Morgan fingerprint density at radius 3 is 2.20 bits per heavy atom. The Kier molecular flexibility index (Phi) is 13.3. The molecule has 0 saturated carbocycles. The molecule has 1 amide bonds. The minimum atomic E-state index is -3.61. The number of nitrogens with zero attached hydrogens (tertiary/aromatic N) is 1. The van der Waals surface area contributed by atoms with Crippen LogP contribution in [0.15, 0.2) is 71.1 Å². The Labute approximate surface area is 290 Å². The van der Waals surface area contributed by atoms with Crippen LogP contribution in [0.1, 0.15) is 44.2 Å². The summed E-state index contributed by atoms with van der Waals surface area (Å²) < 4.78 is 54.9. The Morgan fingerprint density at radius 2 is 1.51 bits per heavy atom. The van der Waals surface area contributed by atoms with E-state index in [1.54, 1.807) is 18.2 Å². The second kappa shape index (κ2) is 17.8. The molecule has 1 fully saturated rings. The van der Waals surface area contributed by atoms with E-state index in [-0.39, 0.29) is 23.0 Å². The molecule has 2 aliphatic heterocycles. The van der Waals surface area contributed by atoms with Gasteiger partial charge in [0.05, 0.1) is 23.9 Å². The van der Waals surface area contributed by atoms with Crippen molar-refractivity contribution in [2.75, 3.05) is 71.0 Å². The van der Waals surface area contributed by atoms with Gasteiger partial charge in [-0.15, -0.1) is 0 Å². The first kappa shape index (κ1) is 36.5. The van der Waals surface area contributed by atoms with Gasteiger partial charge in [-0.25, -0.2) is 8.42 Å². The highest BCUT2D eigenvalue weighted by Crippen LogP contribution is 2.36. The van der Waals surface area contributed by atoms with E-state index in [2.05, 4.69) is 17.3 Å². The average molecular weight is 693 g/mol. The number of hydrogen-bond donors (Lipinski definition) is 1. The van der Waals surface area contributed by atoms with Crippen LogP contribution in [0.5, 0.6) is 11.5 Å². The van der Waals surface area contributed by atoms with E-state index < -0.39 is 9.84 Å². The zero-order chi connectivity index (χ0) is 34.6. The minimum absolute atomic E-state index is 0.109. The molecule has 1 N–H and O–H groups in total. The number of sulfone groups is 1. The summed E-state index contributed by atoms with van der Waals surface area (Å²) in [6, 6.07) is 19.1. The molecular weight excluding hydrogens is 644 g/mol. The molecule has 0 atom stereocenters. The predicted octanol–water partition coefficient (Wildman–Crippen LogP) is 5.99. The minimum Gasteiger partial charge on any atom is -0.487 e. The highest BCUT2D eigenvalue weighted by molar-refractivity contribution is 7.91. The molecule has 11 heteroatoms. The summed E-state index contributed by atoms with van der Waals surface area (Å²) in [7, 11) is -1.47. The fourth-order valence-electron chi connectivity index (χ4n) is 5.99. The van der Waals surface area contributed by atoms with Crippen LogP contribution in [0.2, 0.25) is 0 Å². The third-order valence-electron chi connectivity index (χ3n) is 8.72. The zero-order valence-electron chi connectivity index (χ0n) is 28.7. The van der Waals surface area contributed by atoms with Crippen LogP contribution in [0, 0.1) is 0 Å². The normalized spacial score (nSPS) is 16.0. The molecule has 49 heavy (non-hydrogen) atoms. The number of nitrogens with one attached hydrogen (secondary N) is 1. The van der Waals surface area contributed by atoms with E-state index in [0.717, 1.165) is 49.3 Å². The predicted molar refractivity (Wildman–Crippen MR) is 191 cm³/mol. The molecule has 3 aromatic rings. The summed E-state index contributed by atoms with van der Waals surface area (Å²) >= 11 is 0. The number of carbonyl (C=O) groups excluding carboxylic acids is 1. The van der Waals surface area contributed by atoms with Crippen molar-refractivity contribution < 1.29 is 36.9 Å². The third kappa shape index (κ3) is 10.1. The molecule has 0 bridgehead atoms. The molecule has 264 valence electrons. The molecule has 10 nitrogen and oxygen atoms in total. The van der Waals surface area contributed by atoms with Crippen molar-refractivity contribution in [3.05, 3.63) is 77.4 Å². The lowest BCUT2D eigenvalue weighted by atomic mass is 10.0. The maximum atomic E-state index is 13.5. The van der Waals surface area contributed by atoms with Gasteiger partial charge in [0.25, 0.3) is 5.91 Å². The lowest BCUT2D eigenvalue weighted by Gasteiger charge is -2.31. The second-order valence-electron chi connectivity index (χ2n) is 12.2. The van der Waals surface area contributed by atoms with Gasteiger partial charge in [0, 0.05) is 50.3 Å². The maximum Gasteiger partial charge on any atom is 0.251 e. The van der Waals surface area contributed by atoms with Crippen LogP contribution in [0.25, 0.3) is 17.2 Å². The van der Waals surface area contributed by atoms with E-state index >= 15 is 0 Å². The van der Waals surface area contributed by atoms with Crippen LogP contribution in [-0.4, -0.2) is 90.9 Å². The van der Waals surface area contributed by atoms with Gasteiger partial charge < -0.3 is 29.0 Å². The van der Waals surface area contributed by atoms with Crippen molar-refractivity contribution in [3.63, 3.8) is 0 Å². The Bertz CT molecular complexity index is 1680. The number of rotatable bonds is 16. The monoisotopic (exact) mass is 692 g/mol. The lowest BCUT2D eigenvalue weighted by Crippen LogP contribution is -2.36. The van der Waals surface area contributed by atoms with E-state index in [0.29, 0.717) is 74.0 Å². The molecule has 0 radical (unpaired) electrons. The fourth-order valence-corrected chi connectivity index (χ4v) is 7.46. The van der Waals surface area contributed by atoms with Crippen molar-refractivity contribution in [2.24, 2.45) is 0 Å². The highest BCUT2D eigenvalue weighted by Gasteiger charge is 2.25. The molecule has 2 heterocycles. The van der Waals surface area contributed by atoms with Gasteiger partial charge in [-0.3, -0.25) is 9.69 Å². The van der Waals surface area contributed by atoms with Crippen LogP contribution in [0.3, 0.4) is 0 Å². The summed E-state index contributed by atoms with van der Waals surface area (Å²) in [5.74, 6) is 0.657. The van der Waals surface area contributed by atoms with Crippen LogP contribution >= 0.6 is 0 Å². The number of carbonyl (C=O) groups is 1. The average Bonchev–Trinajstić information content (AvgIpc) is 3.25. The molecule has 0 unspecified atom stereocenters. The largest absolute Gasteiger partial charge is 0.487 e. The van der Waals surface area contributed by atoms with Crippen molar-refractivity contribution in [3.8, 4) is 22.6 Å². The van der Waals surface area contributed by atoms with E-state index in [4.69, 9.17) is 23.7 Å². The van der Waals surface area contributed by atoms with E-state index in [9.17, 15) is 13.2 Å². The topological polar surface area (TPSA) is 113 Å². The standard InChI is InChI=1S/C38H48N2O8S/c1-4-44-19-21-47-35-12-8-30(26-36(35)48-22-20-45-5-2)29-9-13-37-32(24-29)25-31(16-23-49(37,42)43)38(41)39-33-10-6-28(7-11-33)27-40(3)34-14-17-46-18-15-34/h6-13,24-26,34H,4-5,14-23,27H2,1-3H3,(H,39,41). The van der Waals surface area contributed by atoms with Gasteiger partial charge in [0.15, 0.2) is 21.3 Å². The van der Waals surface area contributed by atoms with Gasteiger partial charge in [-0.05, 0) is 105 Å². The molecule has 1 saturated heterocycles. The Balaban J connectivity index is 1.33. The summed E-state index contributed by atoms with van der Waals surface area (Å²) in [6.45, 7) is 9.07. The molecule has 5 rings (SSSR count). The number of amides is 1. The van der Waals surface area contributed by atoms with Crippen molar-refractivity contribution in [2.45, 2.75) is 50.6 Å². The molecule has 0 aromatic heterocycles. The molecule has 0 spiro atoms. The smallest absolute Gasteiger partial charge is 0.251 e. The van der Waals surface area contributed by atoms with E-state index in [1.807, 2.05) is 62.4 Å². The van der Waals surface area contributed by atoms with Gasteiger partial charge >= 0.3 is 0 Å². The van der Waals surface area contributed by atoms with Crippen molar-refractivity contribution in [1.82, 2.24) is 4.90 Å². The molecule has 0 aliphatic carbocycles. The van der Waals surface area contributed by atoms with Gasteiger partial charge in [0.1, 0.15) is 13.2 Å². The Hall–Kier alpha value is -3.74. The number of benzene rings is 3. The quantitative estimate of drug-likeness (QED) is 0.181. The number of hydrogen-bond acceptors (Lipinski definition) is 9. The maximum absolute atomic E-state index is 13.5. The van der Waals surface area contributed by atoms with E-state index in [1.165, 1.54) is 0 Å².